The van der Waals surface area contributed by atoms with Gasteiger partial charge in [-0.3, -0.25) is 14.4 Å². The third-order valence-electron chi connectivity index (χ3n) is 4.13. The zero-order chi connectivity index (χ0) is 20.8. The Morgan fingerprint density at radius 3 is 2.52 bits per heavy atom. The topological polar surface area (TPSA) is 89.4 Å². The lowest BCUT2D eigenvalue weighted by Crippen LogP contribution is -2.21. The highest BCUT2D eigenvalue weighted by atomic mass is 16.5. The summed E-state index contributed by atoms with van der Waals surface area (Å²) in [6, 6.07) is 13.7. The SMILES string of the molecule is C=CCn1ccc2c(OCC(=O)Nc3cccc(NC(C)=O)c3)cccc2c1=O. The van der Waals surface area contributed by atoms with Gasteiger partial charge in [0.2, 0.25) is 5.91 Å². The lowest BCUT2D eigenvalue weighted by atomic mass is 10.1. The van der Waals surface area contributed by atoms with Crippen molar-refractivity contribution in [2.45, 2.75) is 13.5 Å². The molecule has 0 aliphatic heterocycles. The molecule has 7 heteroatoms. The number of hydrogen-bond donors (Lipinski definition) is 2. The van der Waals surface area contributed by atoms with Crippen molar-refractivity contribution in [3.05, 3.63) is 77.7 Å². The Morgan fingerprint density at radius 2 is 1.79 bits per heavy atom. The number of pyridine rings is 1. The van der Waals surface area contributed by atoms with Gasteiger partial charge in [-0.15, -0.1) is 6.58 Å². The van der Waals surface area contributed by atoms with Crippen LogP contribution in [0.2, 0.25) is 0 Å². The summed E-state index contributed by atoms with van der Waals surface area (Å²) in [5, 5.41) is 6.52. The van der Waals surface area contributed by atoms with E-state index >= 15 is 0 Å². The fourth-order valence-corrected chi connectivity index (χ4v) is 2.92. The predicted octanol–water partition coefficient (Wildman–Crippen LogP) is 3.16. The molecule has 148 valence electrons. The molecule has 1 heterocycles. The molecule has 0 spiro atoms. The fraction of sp³-hybridized carbons (Fsp3) is 0.136. The Morgan fingerprint density at radius 1 is 1.07 bits per heavy atom. The third kappa shape index (κ3) is 4.90. The van der Waals surface area contributed by atoms with E-state index in [9.17, 15) is 14.4 Å². The fourth-order valence-electron chi connectivity index (χ4n) is 2.92. The van der Waals surface area contributed by atoms with Crippen LogP contribution in [0.5, 0.6) is 5.75 Å². The molecule has 1 aromatic heterocycles. The minimum Gasteiger partial charge on any atom is -0.483 e. The summed E-state index contributed by atoms with van der Waals surface area (Å²) < 4.78 is 7.20. The largest absolute Gasteiger partial charge is 0.483 e. The number of allylic oxidation sites excluding steroid dienone is 1. The number of ether oxygens (including phenoxy) is 1. The zero-order valence-corrected chi connectivity index (χ0v) is 16.0. The van der Waals surface area contributed by atoms with Gasteiger partial charge in [-0.1, -0.05) is 18.2 Å². The number of amides is 2. The maximum absolute atomic E-state index is 12.5. The first-order chi connectivity index (χ1) is 14.0. The first-order valence-electron chi connectivity index (χ1n) is 9.01. The normalized spacial score (nSPS) is 10.4. The summed E-state index contributed by atoms with van der Waals surface area (Å²) >= 11 is 0. The Hall–Kier alpha value is -3.87. The number of anilines is 2. The molecule has 0 fully saturated rings. The molecule has 0 saturated heterocycles. The van der Waals surface area contributed by atoms with Crippen LogP contribution in [0, 0.1) is 0 Å². The third-order valence-corrected chi connectivity index (χ3v) is 4.13. The number of nitrogens with zero attached hydrogens (tertiary/aromatic N) is 1. The van der Waals surface area contributed by atoms with Gasteiger partial charge in [0.15, 0.2) is 6.61 Å². The van der Waals surface area contributed by atoms with Crippen molar-refractivity contribution in [2.24, 2.45) is 0 Å². The lowest BCUT2D eigenvalue weighted by Gasteiger charge is -2.11. The lowest BCUT2D eigenvalue weighted by molar-refractivity contribution is -0.118. The Labute approximate surface area is 167 Å². The van der Waals surface area contributed by atoms with Gasteiger partial charge in [0.05, 0.1) is 5.39 Å². The summed E-state index contributed by atoms with van der Waals surface area (Å²) in [4.78, 5) is 35.9. The molecule has 0 bridgehead atoms. The number of aromatic nitrogens is 1. The minimum atomic E-state index is -0.359. The minimum absolute atomic E-state index is 0.146. The number of carbonyl (C=O) groups excluding carboxylic acids is 2. The first-order valence-corrected chi connectivity index (χ1v) is 9.01. The van der Waals surface area contributed by atoms with Crippen LogP contribution in [0.4, 0.5) is 11.4 Å². The molecule has 0 radical (unpaired) electrons. The Kier molecular flexibility index (Phi) is 6.09. The standard InChI is InChI=1S/C22H21N3O4/c1-3-11-25-12-10-18-19(22(25)28)8-5-9-20(18)29-14-21(27)24-17-7-4-6-16(13-17)23-15(2)26/h3-10,12-13H,1,11,14H2,2H3,(H,23,26)(H,24,27). The van der Waals surface area contributed by atoms with Crippen molar-refractivity contribution in [3.8, 4) is 5.75 Å². The van der Waals surface area contributed by atoms with Crippen molar-refractivity contribution in [1.82, 2.24) is 4.57 Å². The van der Waals surface area contributed by atoms with Gasteiger partial charge in [-0.2, -0.15) is 0 Å². The second-order valence-corrected chi connectivity index (χ2v) is 6.38. The summed E-state index contributed by atoms with van der Waals surface area (Å²) in [7, 11) is 0. The van der Waals surface area contributed by atoms with E-state index in [1.165, 1.54) is 6.92 Å². The molecule has 2 aromatic carbocycles. The van der Waals surface area contributed by atoms with Crippen LogP contribution in [0.25, 0.3) is 10.8 Å². The van der Waals surface area contributed by atoms with Crippen molar-refractivity contribution < 1.29 is 14.3 Å². The second kappa shape index (κ2) is 8.88. The monoisotopic (exact) mass is 391 g/mol. The number of fused-ring (bicyclic) bond motifs is 1. The van der Waals surface area contributed by atoms with Crippen LogP contribution in [0.1, 0.15) is 6.92 Å². The van der Waals surface area contributed by atoms with E-state index in [0.29, 0.717) is 34.4 Å². The van der Waals surface area contributed by atoms with E-state index in [0.717, 1.165) is 0 Å². The highest BCUT2D eigenvalue weighted by Gasteiger charge is 2.10. The molecule has 3 rings (SSSR count). The van der Waals surface area contributed by atoms with Gasteiger partial charge in [0.25, 0.3) is 11.5 Å². The molecule has 0 aliphatic carbocycles. The predicted molar refractivity (Wildman–Crippen MR) is 113 cm³/mol. The zero-order valence-electron chi connectivity index (χ0n) is 16.0. The molecule has 29 heavy (non-hydrogen) atoms. The van der Waals surface area contributed by atoms with Gasteiger partial charge in [-0.25, -0.2) is 0 Å². The summed E-state index contributed by atoms with van der Waals surface area (Å²) in [6.07, 6.45) is 3.33. The quantitative estimate of drug-likeness (QED) is 0.606. The van der Waals surface area contributed by atoms with Crippen molar-refractivity contribution >= 4 is 34.0 Å². The number of hydrogen-bond acceptors (Lipinski definition) is 4. The van der Waals surface area contributed by atoms with E-state index in [4.69, 9.17) is 4.74 Å². The maximum atomic E-state index is 12.5. The maximum Gasteiger partial charge on any atom is 0.262 e. The van der Waals surface area contributed by atoms with Gasteiger partial charge in [-0.05, 0) is 36.4 Å². The van der Waals surface area contributed by atoms with Gasteiger partial charge in [0.1, 0.15) is 5.75 Å². The number of nitrogens with one attached hydrogen (secondary N) is 2. The van der Waals surface area contributed by atoms with Crippen LogP contribution in [0.3, 0.4) is 0 Å². The number of carbonyl (C=O) groups is 2. The average Bonchev–Trinajstić information content (AvgIpc) is 2.68. The van der Waals surface area contributed by atoms with Crippen LogP contribution >= 0.6 is 0 Å². The molecule has 0 aliphatic rings. The Balaban J connectivity index is 1.71. The van der Waals surface area contributed by atoms with E-state index < -0.39 is 0 Å². The van der Waals surface area contributed by atoms with E-state index in [1.807, 2.05) is 0 Å². The van der Waals surface area contributed by atoms with Crippen LogP contribution < -0.4 is 20.9 Å². The van der Waals surface area contributed by atoms with Crippen molar-refractivity contribution in [3.63, 3.8) is 0 Å². The molecule has 0 saturated carbocycles. The van der Waals surface area contributed by atoms with E-state index in [1.54, 1.807) is 65.4 Å². The molecular formula is C22H21N3O4. The Bertz CT molecular complexity index is 1130. The van der Waals surface area contributed by atoms with E-state index in [2.05, 4.69) is 17.2 Å². The molecule has 7 nitrogen and oxygen atoms in total. The van der Waals surface area contributed by atoms with Crippen LogP contribution in [-0.2, 0) is 16.1 Å². The molecule has 0 unspecified atom stereocenters. The van der Waals surface area contributed by atoms with Gasteiger partial charge >= 0.3 is 0 Å². The summed E-state index contributed by atoms with van der Waals surface area (Å²) in [6.45, 7) is 5.25. The molecule has 3 aromatic rings. The molecule has 2 amide bonds. The summed E-state index contributed by atoms with van der Waals surface area (Å²) in [5.74, 6) is -0.102. The molecule has 2 N–H and O–H groups in total. The van der Waals surface area contributed by atoms with E-state index in [-0.39, 0.29) is 24.0 Å². The second-order valence-electron chi connectivity index (χ2n) is 6.38. The highest BCUT2D eigenvalue weighted by Crippen LogP contribution is 2.23. The highest BCUT2D eigenvalue weighted by molar-refractivity contribution is 5.94. The van der Waals surface area contributed by atoms with Gasteiger partial charge in [0, 0.05) is 36.4 Å². The first kappa shape index (κ1) is 19.9. The van der Waals surface area contributed by atoms with Crippen LogP contribution in [-0.4, -0.2) is 23.0 Å². The van der Waals surface area contributed by atoms with Gasteiger partial charge < -0.3 is 19.9 Å². The molecular weight excluding hydrogens is 370 g/mol. The molecule has 0 atom stereocenters. The average molecular weight is 391 g/mol. The number of rotatable bonds is 7. The van der Waals surface area contributed by atoms with Crippen LogP contribution in [0.15, 0.2) is 72.2 Å². The van der Waals surface area contributed by atoms with Crippen molar-refractivity contribution in [1.29, 1.82) is 0 Å². The number of benzene rings is 2. The summed E-state index contributed by atoms with van der Waals surface area (Å²) in [5.41, 5.74) is 0.975. The smallest absolute Gasteiger partial charge is 0.262 e. The van der Waals surface area contributed by atoms with Crippen molar-refractivity contribution in [2.75, 3.05) is 17.2 Å².